The molecule has 56 heavy (non-hydrogen) atoms. The molecular formula is C47H54F2N6O. The van der Waals surface area contributed by atoms with Gasteiger partial charge in [-0.2, -0.15) is 0 Å². The van der Waals surface area contributed by atoms with E-state index < -0.39 is 0 Å². The van der Waals surface area contributed by atoms with Crippen molar-refractivity contribution in [1.82, 2.24) is 29.7 Å². The summed E-state index contributed by atoms with van der Waals surface area (Å²) < 4.78 is 26.9. The molecule has 2 fully saturated rings. The summed E-state index contributed by atoms with van der Waals surface area (Å²) in [4.78, 5) is 20.6. The average Bonchev–Trinajstić information content (AvgIpc) is 3.83. The third kappa shape index (κ3) is 9.07. The lowest BCUT2D eigenvalue weighted by atomic mass is 9.88. The highest BCUT2D eigenvalue weighted by molar-refractivity contribution is 5.89. The van der Waals surface area contributed by atoms with E-state index in [2.05, 4.69) is 69.5 Å². The van der Waals surface area contributed by atoms with Gasteiger partial charge in [-0.1, -0.05) is 19.6 Å². The second kappa shape index (κ2) is 19.1. The Kier molecular flexibility index (Phi) is 13.8. The molecule has 4 aromatic heterocycles. The molecule has 0 radical (unpaired) electrons. The highest BCUT2D eigenvalue weighted by Crippen LogP contribution is 2.43. The first-order valence-electron chi connectivity index (χ1n) is 19.6. The fraction of sp³-hybridized carbons (Fsp3) is 0.319. The Morgan fingerprint density at radius 2 is 1.02 bits per heavy atom. The number of rotatable bonds is 8. The Balaban J connectivity index is 0.000000182. The lowest BCUT2D eigenvalue weighted by Gasteiger charge is -2.29. The number of hydrogen-bond donors (Lipinski definition) is 3. The summed E-state index contributed by atoms with van der Waals surface area (Å²) in [6, 6.07) is 21.6. The van der Waals surface area contributed by atoms with Crippen molar-refractivity contribution in [2.75, 3.05) is 47.4 Å². The van der Waals surface area contributed by atoms with E-state index in [1.807, 2.05) is 54.9 Å². The number of halogens is 2. The SMILES string of the molecule is C=Cc1c(C2CCN(C)CC2)[nH]c(-c2ccc(F)cc2)c1-c1ccncc1.CCc1c(C2CCN(C)CC2)[nH]c(-c2ccc(F)cc2)c1-c1ccncc1.CO. The highest BCUT2D eigenvalue weighted by atomic mass is 19.1. The molecular weight excluding hydrogens is 703 g/mol. The number of likely N-dealkylation sites (tertiary alicyclic amines) is 2. The average molecular weight is 757 g/mol. The summed E-state index contributed by atoms with van der Waals surface area (Å²) in [6.07, 6.45) is 14.8. The fourth-order valence-electron chi connectivity index (χ4n) is 8.26. The van der Waals surface area contributed by atoms with Crippen LogP contribution >= 0.6 is 0 Å². The quantitative estimate of drug-likeness (QED) is 0.144. The van der Waals surface area contributed by atoms with Crippen molar-refractivity contribution in [3.63, 3.8) is 0 Å². The largest absolute Gasteiger partial charge is 0.400 e. The molecule has 0 atom stereocenters. The van der Waals surface area contributed by atoms with E-state index in [9.17, 15) is 8.78 Å². The molecule has 0 aliphatic carbocycles. The maximum Gasteiger partial charge on any atom is 0.123 e. The number of benzene rings is 2. The minimum atomic E-state index is -0.227. The molecule has 292 valence electrons. The van der Waals surface area contributed by atoms with Crippen LogP contribution in [-0.4, -0.2) is 82.2 Å². The molecule has 0 saturated carbocycles. The van der Waals surface area contributed by atoms with Gasteiger partial charge in [-0.05, 0) is 173 Å². The number of aliphatic hydroxyl groups is 1. The fourth-order valence-corrected chi connectivity index (χ4v) is 8.26. The maximum absolute atomic E-state index is 13.5. The third-order valence-corrected chi connectivity index (χ3v) is 11.2. The zero-order chi connectivity index (χ0) is 39.6. The maximum atomic E-state index is 13.5. The van der Waals surface area contributed by atoms with Crippen LogP contribution in [0.1, 0.15) is 67.0 Å². The van der Waals surface area contributed by atoms with Gasteiger partial charge in [0, 0.05) is 71.8 Å². The van der Waals surface area contributed by atoms with Gasteiger partial charge in [-0.15, -0.1) is 0 Å². The second-order valence-electron chi connectivity index (χ2n) is 14.7. The van der Waals surface area contributed by atoms with Gasteiger partial charge in [0.05, 0.1) is 11.4 Å². The standard InChI is InChI=1S/C23H26FN3.C23H24FN3.CH4O/c2*1-3-20-21(16-8-12-25-13-9-16)23(17-4-6-19(24)7-5-17)26-22(20)18-10-14-27(2)15-11-18;1-2/h4-9,12-13,18,26H,3,10-11,14-15H2,1-2H3;3-9,12-13,18,26H,1,10-11,14-15H2,2H3;2H,1H3. The number of hydrogen-bond acceptors (Lipinski definition) is 5. The van der Waals surface area contributed by atoms with Gasteiger partial charge in [0.2, 0.25) is 0 Å². The van der Waals surface area contributed by atoms with E-state index in [1.54, 1.807) is 12.4 Å². The molecule has 6 aromatic rings. The Bertz CT molecular complexity index is 2130. The van der Waals surface area contributed by atoms with E-state index in [-0.39, 0.29) is 11.6 Å². The zero-order valence-electron chi connectivity index (χ0n) is 33.0. The summed E-state index contributed by atoms with van der Waals surface area (Å²) in [5.41, 5.74) is 13.9. The van der Waals surface area contributed by atoms with Crippen LogP contribution in [0.2, 0.25) is 0 Å². The van der Waals surface area contributed by atoms with Gasteiger partial charge >= 0.3 is 0 Å². The number of nitrogens with zero attached hydrogens (tertiary/aromatic N) is 4. The number of aromatic amines is 2. The smallest absolute Gasteiger partial charge is 0.123 e. The molecule has 2 aliphatic rings. The Hall–Kier alpha value is -5.22. The number of pyridine rings is 2. The van der Waals surface area contributed by atoms with E-state index in [1.165, 1.54) is 59.6 Å². The molecule has 2 saturated heterocycles. The molecule has 0 unspecified atom stereocenters. The van der Waals surface area contributed by atoms with Crippen molar-refractivity contribution in [1.29, 1.82) is 0 Å². The van der Waals surface area contributed by atoms with Crippen LogP contribution in [0.15, 0.2) is 104 Å². The molecule has 0 bridgehead atoms. The summed E-state index contributed by atoms with van der Waals surface area (Å²) in [5.74, 6) is 0.590. The van der Waals surface area contributed by atoms with E-state index >= 15 is 0 Å². The van der Waals surface area contributed by atoms with Gasteiger partial charge in [-0.3, -0.25) is 9.97 Å². The minimum Gasteiger partial charge on any atom is -0.400 e. The molecule has 2 aliphatic heterocycles. The molecule has 0 amide bonds. The summed E-state index contributed by atoms with van der Waals surface area (Å²) in [6.45, 7) is 10.8. The highest BCUT2D eigenvalue weighted by Gasteiger charge is 2.28. The van der Waals surface area contributed by atoms with Crippen molar-refractivity contribution in [2.24, 2.45) is 0 Å². The Morgan fingerprint density at radius 1 is 0.625 bits per heavy atom. The first-order chi connectivity index (χ1) is 27.3. The van der Waals surface area contributed by atoms with Crippen molar-refractivity contribution in [3.8, 4) is 44.8 Å². The summed E-state index contributed by atoms with van der Waals surface area (Å²) in [5, 5.41) is 7.00. The van der Waals surface area contributed by atoms with E-state index in [0.717, 1.165) is 97.3 Å². The summed E-state index contributed by atoms with van der Waals surface area (Å²) in [7, 11) is 5.36. The van der Waals surface area contributed by atoms with Crippen LogP contribution in [0.25, 0.3) is 50.8 Å². The van der Waals surface area contributed by atoms with Crippen molar-refractivity contribution >= 4 is 6.08 Å². The van der Waals surface area contributed by atoms with Crippen LogP contribution in [0.4, 0.5) is 8.78 Å². The van der Waals surface area contributed by atoms with Crippen LogP contribution in [0.5, 0.6) is 0 Å². The topological polar surface area (TPSA) is 84.1 Å². The van der Waals surface area contributed by atoms with Crippen LogP contribution in [0, 0.1) is 11.6 Å². The second-order valence-corrected chi connectivity index (χ2v) is 14.7. The van der Waals surface area contributed by atoms with Crippen LogP contribution in [-0.2, 0) is 6.42 Å². The Labute approximate surface area is 330 Å². The monoisotopic (exact) mass is 756 g/mol. The predicted octanol–water partition coefficient (Wildman–Crippen LogP) is 10.2. The van der Waals surface area contributed by atoms with Crippen molar-refractivity contribution < 1.29 is 13.9 Å². The van der Waals surface area contributed by atoms with Gasteiger partial charge in [-0.25, -0.2) is 8.78 Å². The molecule has 0 spiro atoms. The first-order valence-corrected chi connectivity index (χ1v) is 19.6. The van der Waals surface area contributed by atoms with Crippen molar-refractivity contribution in [2.45, 2.75) is 50.9 Å². The molecule has 8 rings (SSSR count). The van der Waals surface area contributed by atoms with Gasteiger partial charge < -0.3 is 24.9 Å². The van der Waals surface area contributed by atoms with Gasteiger partial charge in [0.15, 0.2) is 0 Å². The van der Waals surface area contributed by atoms with E-state index in [0.29, 0.717) is 11.8 Å². The third-order valence-electron chi connectivity index (χ3n) is 11.2. The lowest BCUT2D eigenvalue weighted by molar-refractivity contribution is 0.253. The summed E-state index contributed by atoms with van der Waals surface area (Å²) >= 11 is 0. The minimum absolute atomic E-state index is 0.206. The number of aromatic nitrogens is 4. The molecule has 3 N–H and O–H groups in total. The normalized spacial score (nSPS) is 15.4. The first kappa shape index (κ1) is 40.4. The van der Waals surface area contributed by atoms with Crippen LogP contribution in [0.3, 0.4) is 0 Å². The van der Waals surface area contributed by atoms with Gasteiger partial charge in [0.1, 0.15) is 11.6 Å². The van der Waals surface area contributed by atoms with E-state index in [4.69, 9.17) is 5.11 Å². The Morgan fingerprint density at radius 3 is 1.45 bits per heavy atom. The lowest BCUT2D eigenvalue weighted by Crippen LogP contribution is -2.29. The molecule has 7 nitrogen and oxygen atoms in total. The van der Waals surface area contributed by atoms with Crippen LogP contribution < -0.4 is 0 Å². The number of H-pyrrole nitrogens is 2. The molecule has 2 aromatic carbocycles. The number of piperidine rings is 2. The van der Waals surface area contributed by atoms with Crippen molar-refractivity contribution in [3.05, 3.63) is 138 Å². The predicted molar refractivity (Wildman–Crippen MR) is 225 cm³/mol. The molecule has 9 heteroatoms. The number of aliphatic hydroxyl groups excluding tert-OH is 1. The molecule has 6 heterocycles. The number of nitrogens with one attached hydrogen (secondary N) is 2. The zero-order valence-corrected chi connectivity index (χ0v) is 33.0. The van der Waals surface area contributed by atoms with Gasteiger partial charge in [0.25, 0.3) is 0 Å².